The number of nitrogens with two attached hydrogens (primary N) is 1. The van der Waals surface area contributed by atoms with Gasteiger partial charge in [0.1, 0.15) is 11.3 Å². The maximum atomic E-state index is 13.7. The minimum Gasteiger partial charge on any atom is -0.436 e. The molecule has 2 aromatic carbocycles. The fourth-order valence-corrected chi connectivity index (χ4v) is 1.99. The first kappa shape index (κ1) is 11.0. The molecule has 0 radical (unpaired) electrons. The third kappa shape index (κ3) is 1.71. The zero-order valence-electron chi connectivity index (χ0n) is 9.15. The van der Waals surface area contributed by atoms with Crippen molar-refractivity contribution in [2.75, 3.05) is 5.73 Å². The van der Waals surface area contributed by atoms with Gasteiger partial charge in [-0.25, -0.2) is 9.37 Å². The number of benzene rings is 2. The summed E-state index contributed by atoms with van der Waals surface area (Å²) in [4.78, 5) is 4.20. The molecule has 90 valence electrons. The van der Waals surface area contributed by atoms with Gasteiger partial charge in [-0.05, 0) is 24.3 Å². The van der Waals surface area contributed by atoms with Crippen molar-refractivity contribution < 1.29 is 8.81 Å². The Balaban J connectivity index is 2.26. The average Bonchev–Trinajstić information content (AvgIpc) is 2.71. The van der Waals surface area contributed by atoms with E-state index in [-0.39, 0.29) is 16.5 Å². The van der Waals surface area contributed by atoms with E-state index in [0.29, 0.717) is 16.8 Å². The smallest absolute Gasteiger partial charge is 0.231 e. The summed E-state index contributed by atoms with van der Waals surface area (Å²) in [6, 6.07) is 9.49. The van der Waals surface area contributed by atoms with Gasteiger partial charge in [0.05, 0.1) is 10.6 Å². The Labute approximate surface area is 107 Å². The summed E-state index contributed by atoms with van der Waals surface area (Å²) in [5.74, 6) is -0.319. The summed E-state index contributed by atoms with van der Waals surface area (Å²) in [6.45, 7) is 0. The molecule has 0 bridgehead atoms. The lowest BCUT2D eigenvalue weighted by Gasteiger charge is -1.99. The van der Waals surface area contributed by atoms with Crippen LogP contribution in [0.15, 0.2) is 40.8 Å². The van der Waals surface area contributed by atoms with Gasteiger partial charge in [-0.15, -0.1) is 0 Å². The molecule has 1 aromatic heterocycles. The average molecular weight is 263 g/mol. The van der Waals surface area contributed by atoms with E-state index >= 15 is 0 Å². The molecule has 18 heavy (non-hydrogen) atoms. The van der Waals surface area contributed by atoms with Gasteiger partial charge < -0.3 is 10.2 Å². The van der Waals surface area contributed by atoms with Gasteiger partial charge in [-0.3, -0.25) is 0 Å². The van der Waals surface area contributed by atoms with E-state index in [9.17, 15) is 4.39 Å². The Morgan fingerprint density at radius 3 is 2.83 bits per heavy atom. The van der Waals surface area contributed by atoms with Crippen LogP contribution in [-0.2, 0) is 0 Å². The molecule has 0 aliphatic rings. The van der Waals surface area contributed by atoms with E-state index < -0.39 is 5.82 Å². The molecule has 0 aliphatic carbocycles. The maximum Gasteiger partial charge on any atom is 0.231 e. The zero-order valence-corrected chi connectivity index (χ0v) is 9.91. The number of nitrogens with zero attached hydrogens (tertiary/aromatic N) is 1. The van der Waals surface area contributed by atoms with Crippen LogP contribution in [0.2, 0.25) is 5.02 Å². The number of fused-ring (bicyclic) bond motifs is 1. The molecule has 1 heterocycles. The maximum absolute atomic E-state index is 13.7. The van der Waals surface area contributed by atoms with Crippen LogP contribution in [0, 0.1) is 5.82 Å². The van der Waals surface area contributed by atoms with Crippen LogP contribution < -0.4 is 5.73 Å². The predicted octanol–water partition coefficient (Wildman–Crippen LogP) is 3.87. The van der Waals surface area contributed by atoms with Crippen molar-refractivity contribution in [1.29, 1.82) is 0 Å². The van der Waals surface area contributed by atoms with E-state index in [0.717, 1.165) is 0 Å². The molecule has 0 fully saturated rings. The molecule has 0 atom stereocenters. The van der Waals surface area contributed by atoms with Gasteiger partial charge in [0.2, 0.25) is 5.89 Å². The summed E-state index contributed by atoms with van der Waals surface area (Å²) in [6.07, 6.45) is 0. The SMILES string of the molecule is Nc1ccc2nc(-c3c(F)cccc3Cl)oc2c1. The van der Waals surface area contributed by atoms with Crippen molar-refractivity contribution in [3.8, 4) is 11.5 Å². The second-order valence-electron chi connectivity index (χ2n) is 3.84. The van der Waals surface area contributed by atoms with Gasteiger partial charge >= 0.3 is 0 Å². The highest BCUT2D eigenvalue weighted by Crippen LogP contribution is 2.32. The molecule has 0 aliphatic heterocycles. The third-order valence-electron chi connectivity index (χ3n) is 2.59. The molecule has 3 nitrogen and oxygen atoms in total. The lowest BCUT2D eigenvalue weighted by Crippen LogP contribution is -1.85. The summed E-state index contributed by atoms with van der Waals surface area (Å²) in [7, 11) is 0. The highest BCUT2D eigenvalue weighted by atomic mass is 35.5. The molecule has 5 heteroatoms. The minimum absolute atomic E-state index is 0.152. The number of oxazole rings is 1. The van der Waals surface area contributed by atoms with Gasteiger partial charge in [0.25, 0.3) is 0 Å². The van der Waals surface area contributed by atoms with Crippen LogP contribution in [0.4, 0.5) is 10.1 Å². The first-order chi connectivity index (χ1) is 8.65. The Morgan fingerprint density at radius 1 is 1.22 bits per heavy atom. The van der Waals surface area contributed by atoms with Gasteiger partial charge in [-0.2, -0.15) is 0 Å². The lowest BCUT2D eigenvalue weighted by molar-refractivity contribution is 0.594. The highest BCUT2D eigenvalue weighted by Gasteiger charge is 2.16. The van der Waals surface area contributed by atoms with Crippen molar-refractivity contribution in [3.05, 3.63) is 47.2 Å². The summed E-state index contributed by atoms with van der Waals surface area (Å²) in [5.41, 5.74) is 7.48. The number of anilines is 1. The monoisotopic (exact) mass is 262 g/mol. The second-order valence-corrected chi connectivity index (χ2v) is 4.25. The van der Waals surface area contributed by atoms with Crippen molar-refractivity contribution in [3.63, 3.8) is 0 Å². The molecule has 0 spiro atoms. The third-order valence-corrected chi connectivity index (χ3v) is 2.90. The summed E-state index contributed by atoms with van der Waals surface area (Å²) < 4.78 is 19.2. The Morgan fingerprint density at radius 2 is 2.06 bits per heavy atom. The number of hydrogen-bond acceptors (Lipinski definition) is 3. The van der Waals surface area contributed by atoms with Gasteiger partial charge in [-0.1, -0.05) is 17.7 Å². The Kier molecular flexibility index (Phi) is 2.45. The van der Waals surface area contributed by atoms with Crippen molar-refractivity contribution in [2.24, 2.45) is 0 Å². The van der Waals surface area contributed by atoms with E-state index in [2.05, 4.69) is 4.98 Å². The van der Waals surface area contributed by atoms with E-state index in [1.165, 1.54) is 12.1 Å². The molecule has 0 saturated carbocycles. The van der Waals surface area contributed by atoms with Crippen molar-refractivity contribution in [1.82, 2.24) is 4.98 Å². The highest BCUT2D eigenvalue weighted by molar-refractivity contribution is 6.33. The number of rotatable bonds is 1. The Bertz CT molecular complexity index is 719. The molecule has 2 N–H and O–H groups in total. The summed E-state index contributed by atoms with van der Waals surface area (Å²) >= 11 is 5.96. The normalized spacial score (nSPS) is 11.0. The van der Waals surface area contributed by atoms with Crippen LogP contribution in [0.25, 0.3) is 22.6 Å². The molecular weight excluding hydrogens is 255 g/mol. The second kappa shape index (κ2) is 3.99. The fraction of sp³-hybridized carbons (Fsp3) is 0. The molecule has 0 amide bonds. The number of halogens is 2. The van der Waals surface area contributed by atoms with Gasteiger partial charge in [0, 0.05) is 11.8 Å². The number of nitrogen functional groups attached to an aromatic ring is 1. The predicted molar refractivity (Wildman–Crippen MR) is 68.8 cm³/mol. The first-order valence-corrected chi connectivity index (χ1v) is 5.63. The van der Waals surface area contributed by atoms with Crippen LogP contribution in [-0.4, -0.2) is 4.98 Å². The summed E-state index contributed by atoms with van der Waals surface area (Å²) in [5, 5.41) is 0.259. The van der Waals surface area contributed by atoms with Gasteiger partial charge in [0.15, 0.2) is 5.58 Å². The molecule has 0 unspecified atom stereocenters. The first-order valence-electron chi connectivity index (χ1n) is 5.25. The molecule has 3 aromatic rings. The van der Waals surface area contributed by atoms with Crippen molar-refractivity contribution in [2.45, 2.75) is 0 Å². The fourth-order valence-electron chi connectivity index (χ4n) is 1.75. The van der Waals surface area contributed by atoms with Crippen LogP contribution >= 0.6 is 11.6 Å². The van der Waals surface area contributed by atoms with Crippen LogP contribution in [0.5, 0.6) is 0 Å². The minimum atomic E-state index is -0.470. The number of hydrogen-bond donors (Lipinski definition) is 1. The van der Waals surface area contributed by atoms with Crippen LogP contribution in [0.3, 0.4) is 0 Å². The van der Waals surface area contributed by atoms with Crippen molar-refractivity contribution >= 4 is 28.4 Å². The molecule has 0 saturated heterocycles. The largest absolute Gasteiger partial charge is 0.436 e. The van der Waals surface area contributed by atoms with E-state index in [1.54, 1.807) is 24.3 Å². The standard InChI is InChI=1S/C13H8ClFN2O/c14-8-2-1-3-9(15)12(8)13-17-10-5-4-7(16)6-11(10)18-13/h1-6H,16H2. The zero-order chi connectivity index (χ0) is 12.7. The van der Waals surface area contributed by atoms with Crippen LogP contribution in [0.1, 0.15) is 0 Å². The van der Waals surface area contributed by atoms with E-state index in [1.807, 2.05) is 0 Å². The number of aromatic nitrogens is 1. The Hall–Kier alpha value is -2.07. The lowest BCUT2D eigenvalue weighted by atomic mass is 10.2. The molecular formula is C13H8ClFN2O. The topological polar surface area (TPSA) is 52.0 Å². The van der Waals surface area contributed by atoms with E-state index in [4.69, 9.17) is 21.8 Å². The molecule has 3 rings (SSSR count). The quantitative estimate of drug-likeness (QED) is 0.677.